The number of nitrogens with one attached hydrogen (secondary N) is 1. The number of hydrogen-bond acceptors (Lipinski definition) is 4. The van der Waals surface area contributed by atoms with Crippen LogP contribution in [-0.2, 0) is 0 Å². The van der Waals surface area contributed by atoms with Crippen molar-refractivity contribution in [1.29, 1.82) is 0 Å². The largest absolute Gasteiger partial charge is 0.493 e. The first-order valence-electron chi connectivity index (χ1n) is 7.62. The first-order valence-corrected chi connectivity index (χ1v) is 7.62. The Bertz CT molecular complexity index is 667. The Balaban J connectivity index is 1.77. The molecule has 0 unspecified atom stereocenters. The third kappa shape index (κ3) is 5.05. The number of hydrogen-bond donors (Lipinski definition) is 1. The van der Waals surface area contributed by atoms with E-state index < -0.39 is 0 Å². The van der Waals surface area contributed by atoms with Gasteiger partial charge in [0.2, 0.25) is 0 Å². The maximum Gasteiger partial charge on any atom is 0.251 e. The maximum atomic E-state index is 12.1. The Labute approximate surface area is 141 Å². The molecule has 0 aliphatic heterocycles. The molecule has 24 heavy (non-hydrogen) atoms. The average Bonchev–Trinajstić information content (AvgIpc) is 2.64. The summed E-state index contributed by atoms with van der Waals surface area (Å²) in [6, 6.07) is 14.3. The second kappa shape index (κ2) is 9.25. The number of carbonyl (C=O) groups is 1. The van der Waals surface area contributed by atoms with Crippen LogP contribution in [0, 0.1) is 0 Å². The van der Waals surface area contributed by atoms with Crippen molar-refractivity contribution in [3.05, 3.63) is 66.7 Å². The topological polar surface area (TPSA) is 56.8 Å². The Morgan fingerprint density at radius 2 is 1.79 bits per heavy atom. The average molecular weight is 327 g/mol. The first-order chi connectivity index (χ1) is 11.7. The molecule has 2 rings (SSSR count). The van der Waals surface area contributed by atoms with Gasteiger partial charge in [0.05, 0.1) is 13.7 Å². The molecule has 5 nitrogen and oxygen atoms in total. The summed E-state index contributed by atoms with van der Waals surface area (Å²) in [6.07, 6.45) is 1.67. The van der Waals surface area contributed by atoms with Crippen LogP contribution in [0.25, 0.3) is 0 Å². The molecule has 0 fully saturated rings. The normalized spacial score (nSPS) is 9.88. The predicted molar refractivity (Wildman–Crippen MR) is 93.0 cm³/mol. The Morgan fingerprint density at radius 3 is 2.46 bits per heavy atom. The minimum absolute atomic E-state index is 0.158. The number of para-hydroxylation sites is 2. The lowest BCUT2D eigenvalue weighted by molar-refractivity contribution is 0.0947. The van der Waals surface area contributed by atoms with Gasteiger partial charge in [-0.15, -0.1) is 0 Å². The molecule has 5 heteroatoms. The lowest BCUT2D eigenvalue weighted by atomic mass is 10.2. The van der Waals surface area contributed by atoms with Gasteiger partial charge in [-0.25, -0.2) is 0 Å². The molecule has 2 aromatic carbocycles. The van der Waals surface area contributed by atoms with Gasteiger partial charge in [-0.3, -0.25) is 4.79 Å². The van der Waals surface area contributed by atoms with Gasteiger partial charge < -0.3 is 19.5 Å². The fourth-order valence-corrected chi connectivity index (χ4v) is 2.02. The molecule has 1 N–H and O–H groups in total. The van der Waals surface area contributed by atoms with E-state index in [1.807, 2.05) is 24.3 Å². The second-order valence-electron chi connectivity index (χ2n) is 4.88. The molecule has 0 spiro atoms. The van der Waals surface area contributed by atoms with Crippen molar-refractivity contribution in [3.63, 3.8) is 0 Å². The number of benzene rings is 2. The van der Waals surface area contributed by atoms with Crippen LogP contribution in [0.3, 0.4) is 0 Å². The summed E-state index contributed by atoms with van der Waals surface area (Å²) in [4.78, 5) is 12.1. The Kier molecular flexibility index (Phi) is 6.71. The monoisotopic (exact) mass is 327 g/mol. The maximum absolute atomic E-state index is 12.1. The minimum Gasteiger partial charge on any atom is -0.493 e. The summed E-state index contributed by atoms with van der Waals surface area (Å²) in [5, 5.41) is 2.81. The van der Waals surface area contributed by atoms with Crippen molar-refractivity contribution in [2.45, 2.75) is 0 Å². The van der Waals surface area contributed by atoms with Crippen molar-refractivity contribution >= 4 is 5.91 Å². The third-order valence-electron chi connectivity index (χ3n) is 3.20. The summed E-state index contributed by atoms with van der Waals surface area (Å²) in [7, 11) is 1.59. The van der Waals surface area contributed by atoms with Gasteiger partial charge in [0.1, 0.15) is 19.0 Å². The van der Waals surface area contributed by atoms with E-state index in [4.69, 9.17) is 14.2 Å². The zero-order chi connectivity index (χ0) is 17.2. The van der Waals surface area contributed by atoms with Gasteiger partial charge in [0.25, 0.3) is 5.91 Å². The number of rotatable bonds is 9. The second-order valence-corrected chi connectivity index (χ2v) is 4.88. The zero-order valence-corrected chi connectivity index (χ0v) is 13.7. The predicted octanol–water partition coefficient (Wildman–Crippen LogP) is 3.07. The van der Waals surface area contributed by atoms with E-state index in [1.165, 1.54) is 0 Å². The molecule has 0 atom stereocenters. The van der Waals surface area contributed by atoms with Crippen molar-refractivity contribution in [1.82, 2.24) is 5.32 Å². The molecule has 0 saturated carbocycles. The van der Waals surface area contributed by atoms with Crippen LogP contribution >= 0.6 is 0 Å². The number of amides is 1. The van der Waals surface area contributed by atoms with E-state index in [1.54, 1.807) is 37.5 Å². The van der Waals surface area contributed by atoms with Gasteiger partial charge >= 0.3 is 0 Å². The zero-order valence-electron chi connectivity index (χ0n) is 13.7. The Hall–Kier alpha value is -2.95. The highest BCUT2D eigenvalue weighted by molar-refractivity contribution is 5.94. The van der Waals surface area contributed by atoms with E-state index in [2.05, 4.69) is 11.9 Å². The molecule has 0 bridgehead atoms. The minimum atomic E-state index is -0.158. The SMILES string of the molecule is C=CCOc1ccc(C(=O)NCCOc2ccccc2OC)cc1. The van der Waals surface area contributed by atoms with Gasteiger partial charge in [-0.2, -0.15) is 0 Å². The molecule has 2 aromatic rings. The van der Waals surface area contributed by atoms with Crippen molar-refractivity contribution in [3.8, 4) is 17.2 Å². The summed E-state index contributed by atoms with van der Waals surface area (Å²) >= 11 is 0. The number of ether oxygens (including phenoxy) is 3. The fraction of sp³-hybridized carbons (Fsp3) is 0.211. The van der Waals surface area contributed by atoms with E-state index in [0.29, 0.717) is 42.6 Å². The molecular weight excluding hydrogens is 306 g/mol. The third-order valence-corrected chi connectivity index (χ3v) is 3.20. The molecule has 0 aromatic heterocycles. The highest BCUT2D eigenvalue weighted by atomic mass is 16.5. The van der Waals surface area contributed by atoms with Crippen LogP contribution in [0.4, 0.5) is 0 Å². The van der Waals surface area contributed by atoms with Crippen molar-refractivity contribution in [2.24, 2.45) is 0 Å². The van der Waals surface area contributed by atoms with Gasteiger partial charge in [0.15, 0.2) is 11.5 Å². The standard InChI is InChI=1S/C19H21NO4/c1-3-13-23-16-10-8-15(9-11-16)19(21)20-12-14-24-18-7-5-4-6-17(18)22-2/h3-11H,1,12-14H2,2H3,(H,20,21). The van der Waals surface area contributed by atoms with Crippen LogP contribution in [0.2, 0.25) is 0 Å². The first kappa shape index (κ1) is 17.4. The molecule has 0 aliphatic rings. The van der Waals surface area contributed by atoms with Crippen LogP contribution < -0.4 is 19.5 Å². The summed E-state index contributed by atoms with van der Waals surface area (Å²) < 4.78 is 16.2. The quantitative estimate of drug-likeness (QED) is 0.568. The van der Waals surface area contributed by atoms with E-state index in [9.17, 15) is 4.79 Å². The molecule has 0 heterocycles. The summed E-state index contributed by atoms with van der Waals surface area (Å²) in [6.45, 7) is 4.77. The lowest BCUT2D eigenvalue weighted by Crippen LogP contribution is -2.28. The molecular formula is C19H21NO4. The van der Waals surface area contributed by atoms with Crippen LogP contribution in [0.15, 0.2) is 61.2 Å². The fourth-order valence-electron chi connectivity index (χ4n) is 2.02. The van der Waals surface area contributed by atoms with Gasteiger partial charge in [-0.1, -0.05) is 24.8 Å². The smallest absolute Gasteiger partial charge is 0.251 e. The number of methoxy groups -OCH3 is 1. The van der Waals surface area contributed by atoms with Crippen LogP contribution in [-0.4, -0.2) is 32.8 Å². The van der Waals surface area contributed by atoms with E-state index in [0.717, 1.165) is 0 Å². The molecule has 0 saturated heterocycles. The van der Waals surface area contributed by atoms with Crippen molar-refractivity contribution in [2.75, 3.05) is 26.9 Å². The lowest BCUT2D eigenvalue weighted by Gasteiger charge is -2.11. The molecule has 126 valence electrons. The highest BCUT2D eigenvalue weighted by Gasteiger charge is 2.06. The van der Waals surface area contributed by atoms with E-state index in [-0.39, 0.29) is 5.91 Å². The highest BCUT2D eigenvalue weighted by Crippen LogP contribution is 2.25. The summed E-state index contributed by atoms with van der Waals surface area (Å²) in [5.41, 5.74) is 0.568. The van der Waals surface area contributed by atoms with Crippen LogP contribution in [0.1, 0.15) is 10.4 Å². The molecule has 0 aliphatic carbocycles. The van der Waals surface area contributed by atoms with E-state index >= 15 is 0 Å². The van der Waals surface area contributed by atoms with Crippen molar-refractivity contribution < 1.29 is 19.0 Å². The van der Waals surface area contributed by atoms with Gasteiger partial charge in [-0.05, 0) is 36.4 Å². The molecule has 0 radical (unpaired) electrons. The number of carbonyl (C=O) groups excluding carboxylic acids is 1. The Morgan fingerprint density at radius 1 is 1.08 bits per heavy atom. The van der Waals surface area contributed by atoms with Crippen LogP contribution in [0.5, 0.6) is 17.2 Å². The van der Waals surface area contributed by atoms with Gasteiger partial charge in [0, 0.05) is 5.56 Å². The summed E-state index contributed by atoms with van der Waals surface area (Å²) in [5.74, 6) is 1.86. The molecule has 1 amide bonds.